The van der Waals surface area contributed by atoms with E-state index in [1.54, 1.807) is 16.9 Å². The van der Waals surface area contributed by atoms with Gasteiger partial charge in [-0.15, -0.1) is 0 Å². The lowest BCUT2D eigenvalue weighted by molar-refractivity contribution is -0.476. The van der Waals surface area contributed by atoms with Gasteiger partial charge in [-0.25, -0.2) is 0 Å². The molecule has 0 amide bonds. The molecular weight excluding hydrogens is 279 g/mol. The van der Waals surface area contributed by atoms with Crippen LogP contribution in [0, 0.1) is 6.92 Å². The van der Waals surface area contributed by atoms with Crippen molar-refractivity contribution < 1.29 is 22.5 Å². The van der Waals surface area contributed by atoms with Crippen LogP contribution in [0.3, 0.4) is 0 Å². The van der Waals surface area contributed by atoms with Crippen LogP contribution in [0.1, 0.15) is 16.7 Å². The predicted octanol–water partition coefficient (Wildman–Crippen LogP) is 4.13. The number of halogens is 3. The third kappa shape index (κ3) is 2.63. The van der Waals surface area contributed by atoms with Crippen molar-refractivity contribution in [1.29, 1.82) is 0 Å². The smallest absolute Gasteiger partial charge is 0.416 e. The molecule has 0 aromatic heterocycles. The Labute approximate surface area is 120 Å². The minimum Gasteiger partial charge on any atom is -0.435 e. The normalized spacial score (nSPS) is 14.2. The number of para-hydroxylation sites is 1. The van der Waals surface area contributed by atoms with Crippen molar-refractivity contribution in [3.63, 3.8) is 0 Å². The fourth-order valence-electron chi connectivity index (χ4n) is 2.32. The second-order valence-electron chi connectivity index (χ2n) is 4.91. The first kappa shape index (κ1) is 13.7. The second-order valence-corrected chi connectivity index (χ2v) is 4.91. The molecule has 5 heteroatoms. The van der Waals surface area contributed by atoms with Crippen LogP contribution in [0.25, 0.3) is 0 Å². The number of nitrogens with zero attached hydrogens (tertiary/aromatic N) is 1. The van der Waals surface area contributed by atoms with Crippen LogP contribution < -0.4 is 4.74 Å². The Kier molecular flexibility index (Phi) is 3.20. The lowest BCUT2D eigenvalue weighted by Crippen LogP contribution is -2.21. The molecule has 0 atom stereocenters. The molecule has 1 aliphatic heterocycles. The zero-order chi connectivity index (χ0) is 15.0. The van der Waals surface area contributed by atoms with Gasteiger partial charge in [-0.2, -0.15) is 17.7 Å². The Morgan fingerprint density at radius 3 is 2.62 bits per heavy atom. The molecule has 21 heavy (non-hydrogen) atoms. The highest BCUT2D eigenvalue weighted by molar-refractivity contribution is 5.82. The summed E-state index contributed by atoms with van der Waals surface area (Å²) in [5.41, 5.74) is 1.66. The molecule has 2 aromatic rings. The largest absolute Gasteiger partial charge is 0.435 e. The van der Waals surface area contributed by atoms with E-state index in [4.69, 9.17) is 4.74 Å². The van der Waals surface area contributed by atoms with Crippen LogP contribution >= 0.6 is 0 Å². The molecule has 1 heterocycles. The van der Waals surface area contributed by atoms with Crippen molar-refractivity contribution in [1.82, 2.24) is 0 Å². The third-order valence-electron chi connectivity index (χ3n) is 3.39. The fourth-order valence-corrected chi connectivity index (χ4v) is 2.32. The predicted molar refractivity (Wildman–Crippen MR) is 73.2 cm³/mol. The Balaban J connectivity index is 2.03. The summed E-state index contributed by atoms with van der Waals surface area (Å²) in [6, 6.07) is 10.9. The number of fused-ring (bicyclic) bond motifs is 1. The molecule has 0 N–H and O–H groups in total. The summed E-state index contributed by atoms with van der Waals surface area (Å²) in [5, 5.41) is 0. The maximum absolute atomic E-state index is 12.8. The SMILES string of the molecule is Cc1cccc2c1OC[N+](c1cccc(C(F)(F)F)c1)=C2. The summed E-state index contributed by atoms with van der Waals surface area (Å²) in [7, 11) is 0. The van der Waals surface area contributed by atoms with E-state index >= 15 is 0 Å². The van der Waals surface area contributed by atoms with Crippen LogP contribution in [0.4, 0.5) is 18.9 Å². The molecular formula is C16H13F3NO+. The maximum Gasteiger partial charge on any atom is 0.416 e. The average Bonchev–Trinajstić information content (AvgIpc) is 2.46. The van der Waals surface area contributed by atoms with Crippen molar-refractivity contribution in [2.45, 2.75) is 13.1 Å². The Morgan fingerprint density at radius 2 is 1.86 bits per heavy atom. The van der Waals surface area contributed by atoms with Crippen LogP contribution in [0.2, 0.25) is 0 Å². The summed E-state index contributed by atoms with van der Waals surface area (Å²) in [5.74, 6) is 0.778. The molecule has 1 aliphatic rings. The van der Waals surface area contributed by atoms with Crippen molar-refractivity contribution in [2.24, 2.45) is 0 Å². The third-order valence-corrected chi connectivity index (χ3v) is 3.39. The number of rotatable bonds is 1. The Morgan fingerprint density at radius 1 is 1.10 bits per heavy atom. The lowest BCUT2D eigenvalue weighted by Gasteiger charge is -2.15. The minimum absolute atomic E-state index is 0.194. The van der Waals surface area contributed by atoms with E-state index in [-0.39, 0.29) is 6.73 Å². The summed E-state index contributed by atoms with van der Waals surface area (Å²) in [4.78, 5) is 0. The Hall–Kier alpha value is -2.30. The second kappa shape index (κ2) is 4.91. The van der Waals surface area contributed by atoms with Gasteiger partial charge in [-0.05, 0) is 24.6 Å². The lowest BCUT2D eigenvalue weighted by atomic mass is 10.1. The van der Waals surface area contributed by atoms with E-state index in [0.29, 0.717) is 5.69 Å². The molecule has 0 aliphatic carbocycles. The van der Waals surface area contributed by atoms with Gasteiger partial charge in [0.25, 0.3) is 6.73 Å². The first-order valence-electron chi connectivity index (χ1n) is 6.46. The zero-order valence-electron chi connectivity index (χ0n) is 11.3. The van der Waals surface area contributed by atoms with Gasteiger partial charge in [0.2, 0.25) is 5.69 Å². The molecule has 0 radical (unpaired) electrons. The van der Waals surface area contributed by atoms with E-state index in [1.165, 1.54) is 6.07 Å². The average molecular weight is 292 g/mol. The summed E-state index contributed by atoms with van der Waals surface area (Å²) < 4.78 is 45.6. The summed E-state index contributed by atoms with van der Waals surface area (Å²) in [6.07, 6.45) is -2.54. The van der Waals surface area contributed by atoms with Gasteiger partial charge in [0.05, 0.1) is 11.1 Å². The number of benzene rings is 2. The quantitative estimate of drug-likeness (QED) is 0.720. The van der Waals surface area contributed by atoms with E-state index < -0.39 is 11.7 Å². The highest BCUT2D eigenvalue weighted by atomic mass is 19.4. The summed E-state index contributed by atoms with van der Waals surface area (Å²) >= 11 is 0. The molecule has 0 saturated heterocycles. The molecule has 2 aromatic carbocycles. The number of hydrogen-bond acceptors (Lipinski definition) is 1. The maximum atomic E-state index is 12.8. The van der Waals surface area contributed by atoms with Gasteiger partial charge in [-0.3, -0.25) is 0 Å². The molecule has 2 nitrogen and oxygen atoms in total. The fraction of sp³-hybridized carbons (Fsp3) is 0.188. The highest BCUT2D eigenvalue weighted by Gasteiger charge is 2.32. The van der Waals surface area contributed by atoms with Crippen molar-refractivity contribution in [3.8, 4) is 5.75 Å². The van der Waals surface area contributed by atoms with Gasteiger partial charge in [0.1, 0.15) is 5.75 Å². The molecule has 0 unspecified atom stereocenters. The topological polar surface area (TPSA) is 12.2 Å². The summed E-state index contributed by atoms with van der Waals surface area (Å²) in [6.45, 7) is 2.13. The standard InChI is InChI=1S/C16H13F3NO/c1-11-4-2-5-12-9-20(10-21-15(11)12)14-7-3-6-13(8-14)16(17,18)19/h2-9H,10H2,1H3/q+1. The van der Waals surface area contributed by atoms with Crippen molar-refractivity contribution in [2.75, 3.05) is 6.73 Å². The van der Waals surface area contributed by atoms with Crippen molar-refractivity contribution in [3.05, 3.63) is 59.2 Å². The first-order chi connectivity index (χ1) is 9.95. The van der Waals surface area contributed by atoms with Gasteiger partial charge >= 0.3 is 6.18 Å². The van der Waals surface area contributed by atoms with E-state index in [0.717, 1.165) is 29.0 Å². The number of aryl methyl sites for hydroxylation is 1. The molecule has 0 spiro atoms. The highest BCUT2D eigenvalue weighted by Crippen LogP contribution is 2.32. The molecule has 0 saturated carbocycles. The van der Waals surface area contributed by atoms with Crippen LogP contribution in [-0.2, 0) is 6.18 Å². The van der Waals surface area contributed by atoms with Crippen LogP contribution in [0.5, 0.6) is 5.75 Å². The van der Waals surface area contributed by atoms with Crippen LogP contribution in [0.15, 0.2) is 42.5 Å². The number of hydrogen-bond donors (Lipinski definition) is 0. The van der Waals surface area contributed by atoms with Gasteiger partial charge in [0.15, 0.2) is 6.21 Å². The van der Waals surface area contributed by atoms with E-state index in [9.17, 15) is 13.2 Å². The van der Waals surface area contributed by atoms with Crippen LogP contribution in [-0.4, -0.2) is 17.5 Å². The minimum atomic E-state index is -4.35. The number of ether oxygens (including phenoxy) is 1. The zero-order valence-corrected chi connectivity index (χ0v) is 11.3. The molecule has 0 bridgehead atoms. The number of alkyl halides is 3. The van der Waals surface area contributed by atoms with Gasteiger partial charge < -0.3 is 4.74 Å². The van der Waals surface area contributed by atoms with Crippen molar-refractivity contribution >= 4 is 11.9 Å². The van der Waals surface area contributed by atoms with Gasteiger partial charge in [-0.1, -0.05) is 18.2 Å². The van der Waals surface area contributed by atoms with Gasteiger partial charge in [0, 0.05) is 12.1 Å². The Bertz CT molecular complexity index is 720. The monoisotopic (exact) mass is 292 g/mol. The molecule has 108 valence electrons. The first-order valence-corrected chi connectivity index (χ1v) is 6.46. The molecule has 0 fully saturated rings. The van der Waals surface area contributed by atoms with E-state index in [1.807, 2.05) is 25.1 Å². The molecule has 3 rings (SSSR count). The van der Waals surface area contributed by atoms with E-state index in [2.05, 4.69) is 0 Å².